The molecule has 0 fully saturated rings. The zero-order chi connectivity index (χ0) is 12.7. The lowest BCUT2D eigenvalue weighted by molar-refractivity contribution is 0.103. The van der Waals surface area contributed by atoms with Crippen LogP contribution in [0.4, 0.5) is 0 Å². The molecule has 5 heteroatoms. The van der Waals surface area contributed by atoms with Crippen LogP contribution in [0.25, 0.3) is 0 Å². The lowest BCUT2D eigenvalue weighted by Crippen LogP contribution is -2.07. The number of rotatable bonds is 2. The van der Waals surface area contributed by atoms with E-state index in [1.54, 1.807) is 29.3 Å². The summed E-state index contributed by atoms with van der Waals surface area (Å²) < 4.78 is 2.40. The number of ketones is 1. The third-order valence-electron chi connectivity index (χ3n) is 3.33. The van der Waals surface area contributed by atoms with Crippen molar-refractivity contribution in [2.75, 3.05) is 0 Å². The Hall–Kier alpha value is -0.940. The van der Waals surface area contributed by atoms with Gasteiger partial charge in [-0.1, -0.05) is 0 Å². The molecule has 0 bridgehead atoms. The summed E-state index contributed by atoms with van der Waals surface area (Å²) in [5.41, 5.74) is 2.00. The number of aryl methyl sites for hydroxylation is 3. The highest BCUT2D eigenvalue weighted by atomic mass is 79.9. The molecule has 0 N–H and O–H groups in total. The first-order chi connectivity index (χ1) is 8.66. The van der Waals surface area contributed by atoms with Crippen LogP contribution in [0.2, 0.25) is 0 Å². The fourth-order valence-corrected chi connectivity index (χ4v) is 4.11. The Bertz CT molecular complexity index is 572. The van der Waals surface area contributed by atoms with Crippen molar-refractivity contribution >= 4 is 33.0 Å². The van der Waals surface area contributed by atoms with Gasteiger partial charge in [0, 0.05) is 11.9 Å². The van der Waals surface area contributed by atoms with Crippen molar-refractivity contribution in [2.24, 2.45) is 7.05 Å². The minimum absolute atomic E-state index is 0.0706. The summed E-state index contributed by atoms with van der Waals surface area (Å²) in [4.78, 5) is 14.7. The Kier molecular flexibility index (Phi) is 3.11. The van der Waals surface area contributed by atoms with Gasteiger partial charge in [-0.2, -0.15) is 5.10 Å². The minimum Gasteiger partial charge on any atom is -0.286 e. The highest BCUT2D eigenvalue weighted by Crippen LogP contribution is 2.31. The van der Waals surface area contributed by atoms with Gasteiger partial charge < -0.3 is 0 Å². The van der Waals surface area contributed by atoms with E-state index in [2.05, 4.69) is 27.1 Å². The van der Waals surface area contributed by atoms with Crippen LogP contribution in [0.15, 0.2) is 16.7 Å². The fraction of sp³-hybridized carbons (Fsp3) is 0.385. The van der Waals surface area contributed by atoms with Gasteiger partial charge in [0.15, 0.2) is 0 Å². The average molecular weight is 325 g/mol. The molecule has 0 amide bonds. The number of carbonyl (C=O) groups excluding carboxylic acids is 1. The maximum absolute atomic E-state index is 12.5. The smallest absolute Gasteiger partial charge is 0.222 e. The molecule has 0 unspecified atom stereocenters. The van der Waals surface area contributed by atoms with E-state index in [-0.39, 0.29) is 5.78 Å². The largest absolute Gasteiger partial charge is 0.286 e. The van der Waals surface area contributed by atoms with E-state index >= 15 is 0 Å². The molecule has 2 aromatic rings. The molecule has 0 aromatic carbocycles. The summed E-state index contributed by atoms with van der Waals surface area (Å²) in [6, 6.07) is 2.07. The molecule has 2 aromatic heterocycles. The monoisotopic (exact) mass is 324 g/mol. The summed E-state index contributed by atoms with van der Waals surface area (Å²) in [5, 5.41) is 4.10. The summed E-state index contributed by atoms with van der Waals surface area (Å²) in [6.45, 7) is 0. The van der Waals surface area contributed by atoms with Crippen molar-refractivity contribution in [3.63, 3.8) is 0 Å². The number of hydrogen-bond acceptors (Lipinski definition) is 3. The van der Waals surface area contributed by atoms with Gasteiger partial charge in [-0.25, -0.2) is 0 Å². The first kappa shape index (κ1) is 12.1. The third kappa shape index (κ3) is 1.95. The predicted octanol–water partition coefficient (Wildman–Crippen LogP) is 3.35. The number of aromatic nitrogens is 2. The van der Waals surface area contributed by atoms with Crippen molar-refractivity contribution in [3.8, 4) is 0 Å². The number of halogens is 1. The van der Waals surface area contributed by atoms with Crippen molar-refractivity contribution in [1.82, 2.24) is 9.78 Å². The zero-order valence-electron chi connectivity index (χ0n) is 10.1. The normalized spacial score (nSPS) is 14.6. The first-order valence-corrected chi connectivity index (χ1v) is 7.61. The van der Waals surface area contributed by atoms with E-state index in [0.29, 0.717) is 5.69 Å². The lowest BCUT2D eigenvalue weighted by Gasteiger charge is -2.08. The average Bonchev–Trinajstić information content (AvgIpc) is 2.92. The molecule has 2 heterocycles. The number of hydrogen-bond donors (Lipinski definition) is 0. The van der Waals surface area contributed by atoms with Crippen molar-refractivity contribution in [2.45, 2.75) is 25.7 Å². The number of carbonyl (C=O) groups is 1. The molecule has 0 saturated heterocycles. The minimum atomic E-state index is 0.0706. The molecular formula is C13H13BrN2OS. The quantitative estimate of drug-likeness (QED) is 0.794. The lowest BCUT2D eigenvalue weighted by atomic mass is 9.99. The molecule has 3 rings (SSSR count). The highest BCUT2D eigenvalue weighted by Gasteiger charge is 2.22. The highest BCUT2D eigenvalue weighted by molar-refractivity contribution is 9.10. The van der Waals surface area contributed by atoms with Crippen LogP contribution < -0.4 is 0 Å². The molecule has 18 heavy (non-hydrogen) atoms. The molecule has 1 aliphatic rings. The van der Waals surface area contributed by atoms with E-state index < -0.39 is 0 Å². The van der Waals surface area contributed by atoms with Gasteiger partial charge in [0.25, 0.3) is 0 Å². The van der Waals surface area contributed by atoms with Gasteiger partial charge in [-0.05, 0) is 53.2 Å². The van der Waals surface area contributed by atoms with Crippen LogP contribution in [-0.2, 0) is 19.9 Å². The number of thiophene rings is 1. The summed E-state index contributed by atoms with van der Waals surface area (Å²) in [5.74, 6) is 0.0706. The SMILES string of the molecule is Cn1ncc(Br)c1C(=O)c1cc2c(s1)CCCC2. The van der Waals surface area contributed by atoms with Crippen LogP contribution in [0.1, 0.15) is 38.6 Å². The molecule has 94 valence electrons. The van der Waals surface area contributed by atoms with Gasteiger partial charge in [-0.3, -0.25) is 9.48 Å². The molecule has 0 atom stereocenters. The van der Waals surface area contributed by atoms with E-state index in [9.17, 15) is 4.79 Å². The topological polar surface area (TPSA) is 34.9 Å². The van der Waals surface area contributed by atoms with Gasteiger partial charge in [0.1, 0.15) is 5.69 Å². The number of fused-ring (bicyclic) bond motifs is 1. The Labute approximate surface area is 118 Å². The fourth-order valence-electron chi connectivity index (χ4n) is 2.39. The Morgan fingerprint density at radius 2 is 2.22 bits per heavy atom. The van der Waals surface area contributed by atoms with E-state index in [4.69, 9.17) is 0 Å². The van der Waals surface area contributed by atoms with Crippen molar-refractivity contribution in [1.29, 1.82) is 0 Å². The predicted molar refractivity (Wildman–Crippen MR) is 75.3 cm³/mol. The summed E-state index contributed by atoms with van der Waals surface area (Å²) in [6.07, 6.45) is 6.40. The van der Waals surface area contributed by atoms with Gasteiger partial charge >= 0.3 is 0 Å². The van der Waals surface area contributed by atoms with Crippen LogP contribution >= 0.6 is 27.3 Å². The Morgan fingerprint density at radius 1 is 1.44 bits per heavy atom. The summed E-state index contributed by atoms with van der Waals surface area (Å²) >= 11 is 5.03. The van der Waals surface area contributed by atoms with Crippen LogP contribution in [0, 0.1) is 0 Å². The molecule has 3 nitrogen and oxygen atoms in total. The first-order valence-electron chi connectivity index (χ1n) is 6.00. The molecule has 0 saturated carbocycles. The maximum Gasteiger partial charge on any atom is 0.222 e. The van der Waals surface area contributed by atoms with Crippen LogP contribution in [0.5, 0.6) is 0 Å². The molecule has 0 aliphatic heterocycles. The molecule has 0 spiro atoms. The maximum atomic E-state index is 12.5. The van der Waals surface area contributed by atoms with Gasteiger partial charge in [0.05, 0.1) is 15.5 Å². The number of nitrogens with zero attached hydrogens (tertiary/aromatic N) is 2. The van der Waals surface area contributed by atoms with Gasteiger partial charge in [0.2, 0.25) is 5.78 Å². The Morgan fingerprint density at radius 3 is 2.89 bits per heavy atom. The second-order valence-corrected chi connectivity index (χ2v) is 6.55. The molecule has 0 radical (unpaired) electrons. The molecular weight excluding hydrogens is 312 g/mol. The molecule has 1 aliphatic carbocycles. The van der Waals surface area contributed by atoms with Crippen molar-refractivity contribution in [3.05, 3.63) is 37.7 Å². The van der Waals surface area contributed by atoms with Crippen LogP contribution in [0.3, 0.4) is 0 Å². The van der Waals surface area contributed by atoms with E-state index in [0.717, 1.165) is 22.2 Å². The Balaban J connectivity index is 2.00. The third-order valence-corrected chi connectivity index (χ3v) is 5.15. The second kappa shape index (κ2) is 4.63. The zero-order valence-corrected chi connectivity index (χ0v) is 12.5. The van der Waals surface area contributed by atoms with E-state index in [1.165, 1.54) is 23.3 Å². The van der Waals surface area contributed by atoms with Crippen molar-refractivity contribution < 1.29 is 4.79 Å². The summed E-state index contributed by atoms with van der Waals surface area (Å²) in [7, 11) is 1.80. The van der Waals surface area contributed by atoms with Crippen LogP contribution in [-0.4, -0.2) is 15.6 Å². The van der Waals surface area contributed by atoms with Gasteiger partial charge in [-0.15, -0.1) is 11.3 Å². The standard InChI is InChI=1S/C13H13BrN2OS/c1-16-12(9(14)7-15-16)13(17)11-6-8-4-2-3-5-10(8)18-11/h6-7H,2-5H2,1H3. The second-order valence-electron chi connectivity index (χ2n) is 4.56. The van der Waals surface area contributed by atoms with E-state index in [1.807, 2.05) is 0 Å².